The van der Waals surface area contributed by atoms with Gasteiger partial charge in [-0.3, -0.25) is 4.79 Å². The highest BCUT2D eigenvalue weighted by atomic mass is 35.5. The smallest absolute Gasteiger partial charge is 0.265 e. The Balaban J connectivity index is 2.73. The van der Waals surface area contributed by atoms with Gasteiger partial charge in [0.15, 0.2) is 0 Å². The minimum atomic E-state index is -0.199. The van der Waals surface area contributed by atoms with Gasteiger partial charge >= 0.3 is 0 Å². The van der Waals surface area contributed by atoms with Gasteiger partial charge in [0.25, 0.3) is 5.91 Å². The summed E-state index contributed by atoms with van der Waals surface area (Å²) in [4.78, 5) is 12.2. The Morgan fingerprint density at radius 2 is 2.33 bits per heavy atom. The van der Waals surface area contributed by atoms with E-state index in [1.807, 2.05) is 13.8 Å². The highest BCUT2D eigenvalue weighted by Gasteiger charge is 2.18. The summed E-state index contributed by atoms with van der Waals surface area (Å²) in [6.45, 7) is 7.68. The maximum atomic E-state index is 11.7. The number of nitrogens with zero attached hydrogens (tertiary/aromatic N) is 2. The zero-order chi connectivity index (χ0) is 11.4. The van der Waals surface area contributed by atoms with Crippen LogP contribution in [0.2, 0.25) is 0 Å². The molecule has 0 aromatic carbocycles. The molecule has 1 aromatic rings. The number of halogens is 1. The molecule has 0 radical (unpaired) electrons. The molecular formula is C9H12ClN3OS. The van der Waals surface area contributed by atoms with Crippen LogP contribution in [0.5, 0.6) is 0 Å². The molecule has 1 heterocycles. The number of hydrogen-bond donors (Lipinski definition) is 1. The first kappa shape index (κ1) is 12.1. The number of hydrogen-bond acceptors (Lipinski definition) is 4. The third-order valence-electron chi connectivity index (χ3n) is 1.71. The molecule has 0 atom stereocenters. The Bertz CT molecular complexity index is 375. The third kappa shape index (κ3) is 3.28. The molecule has 0 aliphatic carbocycles. The summed E-state index contributed by atoms with van der Waals surface area (Å²) in [5.74, 6) is -0.0146. The molecule has 6 heteroatoms. The van der Waals surface area contributed by atoms with Gasteiger partial charge in [-0.05, 0) is 17.5 Å². The maximum absolute atomic E-state index is 11.7. The summed E-state index contributed by atoms with van der Waals surface area (Å²) in [6, 6.07) is 0. The minimum absolute atomic E-state index is 0.184. The molecule has 0 spiro atoms. The summed E-state index contributed by atoms with van der Waals surface area (Å²) in [5.41, 5.74) is 0.720. The van der Waals surface area contributed by atoms with Crippen LogP contribution < -0.4 is 5.32 Å². The van der Waals surface area contributed by atoms with Gasteiger partial charge in [-0.2, -0.15) is 0 Å². The fraction of sp³-hybridized carbons (Fsp3) is 0.444. The topological polar surface area (TPSA) is 54.9 Å². The average Bonchev–Trinajstić information content (AvgIpc) is 2.62. The normalized spacial score (nSPS) is 10.4. The van der Waals surface area contributed by atoms with Crippen molar-refractivity contribution in [2.75, 3.05) is 6.54 Å². The molecule has 1 N–H and O–H groups in total. The van der Waals surface area contributed by atoms with Crippen LogP contribution in [-0.2, 0) is 0 Å². The van der Waals surface area contributed by atoms with Crippen LogP contribution in [0.15, 0.2) is 11.6 Å². The van der Waals surface area contributed by atoms with Gasteiger partial charge in [-0.25, -0.2) is 0 Å². The molecule has 4 nitrogen and oxygen atoms in total. The van der Waals surface area contributed by atoms with Crippen molar-refractivity contribution in [2.45, 2.75) is 19.8 Å². The van der Waals surface area contributed by atoms with Crippen molar-refractivity contribution in [1.82, 2.24) is 14.9 Å². The van der Waals surface area contributed by atoms with Crippen molar-refractivity contribution >= 4 is 29.0 Å². The summed E-state index contributed by atoms with van der Waals surface area (Å²) in [6.07, 6.45) is 0. The number of rotatable bonds is 4. The Kier molecular flexibility index (Phi) is 4.23. The van der Waals surface area contributed by atoms with E-state index >= 15 is 0 Å². The molecule has 0 fully saturated rings. The van der Waals surface area contributed by atoms with Crippen molar-refractivity contribution in [3.05, 3.63) is 22.2 Å². The molecule has 1 rings (SSSR count). The summed E-state index contributed by atoms with van der Waals surface area (Å²) < 4.78 is 3.77. The summed E-state index contributed by atoms with van der Waals surface area (Å²) in [7, 11) is 0. The predicted octanol–water partition coefficient (Wildman–Crippen LogP) is 2.14. The lowest BCUT2D eigenvalue weighted by atomic mass is 10.1. The Morgan fingerprint density at radius 1 is 1.67 bits per heavy atom. The summed E-state index contributed by atoms with van der Waals surface area (Å²) >= 11 is 6.64. The third-order valence-corrected chi connectivity index (χ3v) is 2.58. The van der Waals surface area contributed by atoms with Crippen molar-refractivity contribution in [1.29, 1.82) is 0 Å². The predicted molar refractivity (Wildman–Crippen MR) is 61.3 cm³/mol. The van der Waals surface area contributed by atoms with Crippen molar-refractivity contribution < 1.29 is 4.79 Å². The average molecular weight is 246 g/mol. The van der Waals surface area contributed by atoms with E-state index in [9.17, 15) is 4.79 Å². The summed E-state index contributed by atoms with van der Waals surface area (Å²) in [5, 5.41) is 6.95. The first-order valence-corrected chi connectivity index (χ1v) is 5.61. The van der Waals surface area contributed by atoms with E-state index < -0.39 is 0 Å². The van der Waals surface area contributed by atoms with E-state index in [0.29, 0.717) is 9.91 Å². The molecular weight excluding hydrogens is 234 g/mol. The van der Waals surface area contributed by atoms with Gasteiger partial charge in [0, 0.05) is 5.03 Å². The highest BCUT2D eigenvalue weighted by Crippen LogP contribution is 2.19. The Hall–Kier alpha value is -0.940. The van der Waals surface area contributed by atoms with Crippen molar-refractivity contribution in [3.8, 4) is 0 Å². The maximum Gasteiger partial charge on any atom is 0.265 e. The molecule has 0 saturated heterocycles. The van der Waals surface area contributed by atoms with Crippen LogP contribution in [0.25, 0.3) is 0 Å². The fourth-order valence-corrected chi connectivity index (χ4v) is 1.79. The van der Waals surface area contributed by atoms with Crippen LogP contribution in [0.1, 0.15) is 35.1 Å². The molecule has 15 heavy (non-hydrogen) atoms. The van der Waals surface area contributed by atoms with E-state index in [4.69, 9.17) is 11.6 Å². The van der Waals surface area contributed by atoms with E-state index in [1.54, 1.807) is 0 Å². The number of aromatic nitrogens is 2. The first-order chi connectivity index (χ1) is 7.02. The number of carbonyl (C=O) groups excluding carboxylic acids is 1. The molecule has 0 unspecified atom stereocenters. The quantitative estimate of drug-likeness (QED) is 0.884. The molecule has 0 saturated carbocycles. The number of amides is 1. The van der Waals surface area contributed by atoms with E-state index in [-0.39, 0.29) is 18.4 Å². The van der Waals surface area contributed by atoms with Gasteiger partial charge in [-0.1, -0.05) is 36.5 Å². The van der Waals surface area contributed by atoms with Crippen LogP contribution >= 0.6 is 23.1 Å². The molecule has 82 valence electrons. The molecule has 1 amide bonds. The second-order valence-corrected chi connectivity index (χ2v) is 4.63. The molecule has 0 aliphatic heterocycles. The second kappa shape index (κ2) is 5.23. The van der Waals surface area contributed by atoms with Crippen molar-refractivity contribution in [3.63, 3.8) is 0 Å². The first-order valence-electron chi connectivity index (χ1n) is 4.46. The molecule has 0 bridgehead atoms. The van der Waals surface area contributed by atoms with E-state index in [2.05, 4.69) is 21.5 Å². The second-order valence-electron chi connectivity index (χ2n) is 3.34. The molecule has 0 aliphatic rings. The highest BCUT2D eigenvalue weighted by molar-refractivity contribution is 7.08. The Morgan fingerprint density at radius 3 is 2.87 bits per heavy atom. The van der Waals surface area contributed by atoms with E-state index in [0.717, 1.165) is 17.2 Å². The molecule has 1 aromatic heterocycles. The van der Waals surface area contributed by atoms with Crippen LogP contribution in [0.4, 0.5) is 0 Å². The standard InChI is InChI=1S/C9H12ClN3OS/c1-5(2)7-8(15-13-12-7)9(14)11-4-6(3)10/h5H,3-4H2,1-2H3,(H,11,14). The van der Waals surface area contributed by atoms with Crippen LogP contribution in [0, 0.1) is 0 Å². The van der Waals surface area contributed by atoms with Gasteiger partial charge in [0.1, 0.15) is 4.88 Å². The van der Waals surface area contributed by atoms with Gasteiger partial charge in [0.2, 0.25) is 0 Å². The monoisotopic (exact) mass is 245 g/mol. The lowest BCUT2D eigenvalue weighted by Crippen LogP contribution is -2.24. The zero-order valence-corrected chi connectivity index (χ0v) is 10.2. The van der Waals surface area contributed by atoms with Gasteiger partial charge in [-0.15, -0.1) is 5.10 Å². The van der Waals surface area contributed by atoms with Crippen LogP contribution in [-0.4, -0.2) is 22.0 Å². The minimum Gasteiger partial charge on any atom is -0.346 e. The van der Waals surface area contributed by atoms with Crippen molar-refractivity contribution in [2.24, 2.45) is 0 Å². The van der Waals surface area contributed by atoms with E-state index in [1.165, 1.54) is 0 Å². The fourth-order valence-electron chi connectivity index (χ4n) is 0.989. The van der Waals surface area contributed by atoms with Crippen LogP contribution in [0.3, 0.4) is 0 Å². The lowest BCUT2D eigenvalue weighted by molar-refractivity contribution is 0.0960. The Labute approximate surface area is 97.5 Å². The lowest BCUT2D eigenvalue weighted by Gasteiger charge is -2.04. The number of carbonyl (C=O) groups is 1. The SMILES string of the molecule is C=C(Cl)CNC(=O)c1snnc1C(C)C. The number of nitrogens with one attached hydrogen (secondary N) is 1. The van der Waals surface area contributed by atoms with Gasteiger partial charge < -0.3 is 5.32 Å². The van der Waals surface area contributed by atoms with Gasteiger partial charge in [0.05, 0.1) is 12.2 Å². The largest absolute Gasteiger partial charge is 0.346 e. The zero-order valence-electron chi connectivity index (χ0n) is 8.58.